The van der Waals surface area contributed by atoms with Gasteiger partial charge >= 0.3 is 0 Å². The highest BCUT2D eigenvalue weighted by Gasteiger charge is 2.29. The number of hydrogen-bond acceptors (Lipinski definition) is 5. The second-order valence-electron chi connectivity index (χ2n) is 6.76. The first-order valence-corrected chi connectivity index (χ1v) is 11.9. The second kappa shape index (κ2) is 7.92. The molecule has 1 N–H and O–H groups in total. The molecule has 9 heteroatoms. The molecule has 0 unspecified atom stereocenters. The molecule has 0 spiro atoms. The maximum Gasteiger partial charge on any atom is 0.296 e. The first-order chi connectivity index (χ1) is 13.9. The molecule has 3 aromatic rings. The van der Waals surface area contributed by atoms with Gasteiger partial charge in [0.05, 0.1) is 6.26 Å². The Morgan fingerprint density at radius 1 is 1.21 bits per heavy atom. The highest BCUT2D eigenvalue weighted by molar-refractivity contribution is 7.98. The van der Waals surface area contributed by atoms with Crippen LogP contribution in [0.2, 0.25) is 0 Å². The number of amides is 1. The fourth-order valence-corrected chi connectivity index (χ4v) is 4.67. The Bertz CT molecular complexity index is 1140. The highest BCUT2D eigenvalue weighted by atomic mass is 32.2. The van der Waals surface area contributed by atoms with Crippen LogP contribution in [0.1, 0.15) is 21.7 Å². The minimum Gasteiger partial charge on any atom is -0.305 e. The normalized spacial score (nSPS) is 13.3. The van der Waals surface area contributed by atoms with Crippen molar-refractivity contribution in [2.75, 3.05) is 22.5 Å². The van der Waals surface area contributed by atoms with Crippen molar-refractivity contribution in [2.24, 2.45) is 0 Å². The Labute approximate surface area is 173 Å². The number of benzene rings is 2. The largest absolute Gasteiger partial charge is 0.305 e. The molecule has 0 fully saturated rings. The van der Waals surface area contributed by atoms with Gasteiger partial charge in [-0.25, -0.2) is 22.9 Å². The average Bonchev–Trinajstić information content (AvgIpc) is 3.32. The van der Waals surface area contributed by atoms with E-state index in [2.05, 4.69) is 28.0 Å². The first-order valence-electron chi connectivity index (χ1n) is 9.03. The zero-order chi connectivity index (χ0) is 20.4. The minimum atomic E-state index is -3.52. The fourth-order valence-electron chi connectivity index (χ4n) is 3.25. The molecule has 0 atom stereocenters. The van der Waals surface area contributed by atoms with Crippen LogP contribution in [-0.2, 0) is 22.2 Å². The number of rotatable bonds is 6. The van der Waals surface area contributed by atoms with Crippen molar-refractivity contribution < 1.29 is 13.2 Å². The van der Waals surface area contributed by atoms with E-state index < -0.39 is 10.0 Å². The lowest BCUT2D eigenvalue weighted by Crippen LogP contribution is -2.34. The summed E-state index contributed by atoms with van der Waals surface area (Å²) in [5.74, 6) is 0.581. The third kappa shape index (κ3) is 4.46. The summed E-state index contributed by atoms with van der Waals surface area (Å²) in [6.07, 6.45) is 4.59. The van der Waals surface area contributed by atoms with Crippen molar-refractivity contribution in [3.05, 3.63) is 77.9 Å². The molecule has 1 amide bonds. The van der Waals surface area contributed by atoms with Crippen LogP contribution in [0.4, 0.5) is 5.69 Å². The van der Waals surface area contributed by atoms with Gasteiger partial charge in [-0.1, -0.05) is 30.3 Å². The van der Waals surface area contributed by atoms with Crippen molar-refractivity contribution in [3.63, 3.8) is 0 Å². The second-order valence-corrected chi connectivity index (χ2v) is 9.53. The van der Waals surface area contributed by atoms with Gasteiger partial charge in [0.15, 0.2) is 0 Å². The number of nitrogens with one attached hydrogen (secondary N) is 1. The van der Waals surface area contributed by atoms with Crippen LogP contribution in [0.25, 0.3) is 0 Å². The molecule has 7 nitrogen and oxygen atoms in total. The predicted molar refractivity (Wildman–Crippen MR) is 114 cm³/mol. The van der Waals surface area contributed by atoms with Gasteiger partial charge in [-0.15, -0.1) is 11.8 Å². The van der Waals surface area contributed by atoms with Crippen LogP contribution >= 0.6 is 11.8 Å². The third-order valence-corrected chi connectivity index (χ3v) is 6.13. The van der Waals surface area contributed by atoms with Gasteiger partial charge in [-0.3, -0.25) is 4.79 Å². The van der Waals surface area contributed by atoms with E-state index in [1.165, 1.54) is 18.0 Å². The molecule has 2 aromatic carbocycles. The van der Waals surface area contributed by atoms with Crippen LogP contribution in [0.15, 0.2) is 65.8 Å². The van der Waals surface area contributed by atoms with E-state index in [0.717, 1.165) is 39.3 Å². The first kappa shape index (κ1) is 19.5. The lowest BCUT2D eigenvalue weighted by molar-refractivity contribution is 0.0977. The number of thioether (sulfide) groups is 1. The summed E-state index contributed by atoms with van der Waals surface area (Å²) in [5.41, 5.74) is 3.21. The van der Waals surface area contributed by atoms with Gasteiger partial charge in [-0.05, 0) is 35.7 Å². The Kier molecular flexibility index (Phi) is 5.33. The minimum absolute atomic E-state index is 0.0332. The predicted octanol–water partition coefficient (Wildman–Crippen LogP) is 2.88. The molecule has 0 radical (unpaired) electrons. The van der Waals surface area contributed by atoms with Gasteiger partial charge in [0.2, 0.25) is 15.8 Å². The smallest absolute Gasteiger partial charge is 0.296 e. The molecule has 0 bridgehead atoms. The molecular formula is C20H20N4O3S2. The number of anilines is 1. The third-order valence-electron chi connectivity index (χ3n) is 4.54. The van der Waals surface area contributed by atoms with E-state index in [9.17, 15) is 13.2 Å². The van der Waals surface area contributed by atoms with Gasteiger partial charge in [0.1, 0.15) is 0 Å². The zero-order valence-electron chi connectivity index (χ0n) is 15.8. The van der Waals surface area contributed by atoms with Crippen molar-refractivity contribution in [2.45, 2.75) is 17.1 Å². The number of imidazole rings is 1. The van der Waals surface area contributed by atoms with Crippen molar-refractivity contribution in [1.82, 2.24) is 9.66 Å². The van der Waals surface area contributed by atoms with Crippen molar-refractivity contribution >= 4 is 33.4 Å². The lowest BCUT2D eigenvalue weighted by atomic mass is 10.2. The summed E-state index contributed by atoms with van der Waals surface area (Å²) in [4.78, 5) is 22.1. The van der Waals surface area contributed by atoms with Crippen LogP contribution in [0.5, 0.6) is 0 Å². The molecule has 0 saturated heterocycles. The van der Waals surface area contributed by atoms with Crippen molar-refractivity contribution in [3.8, 4) is 0 Å². The zero-order valence-corrected chi connectivity index (χ0v) is 17.4. The molecular weight excluding hydrogens is 408 g/mol. The number of carbonyl (C=O) groups is 1. The highest BCUT2D eigenvalue weighted by Crippen LogP contribution is 2.33. The summed E-state index contributed by atoms with van der Waals surface area (Å²) in [6, 6.07) is 16.4. The summed E-state index contributed by atoms with van der Waals surface area (Å²) in [6.45, 7) is 0.534. The molecule has 29 heavy (non-hydrogen) atoms. The molecule has 4 rings (SSSR count). The van der Waals surface area contributed by atoms with Crippen LogP contribution in [0.3, 0.4) is 0 Å². The molecule has 1 aliphatic heterocycles. The molecule has 0 aliphatic carbocycles. The molecule has 1 aromatic heterocycles. The van der Waals surface area contributed by atoms with E-state index in [0.29, 0.717) is 6.54 Å². The van der Waals surface area contributed by atoms with E-state index >= 15 is 0 Å². The maximum atomic E-state index is 13.0. The maximum absolute atomic E-state index is 13.0. The Morgan fingerprint density at radius 2 is 2.00 bits per heavy atom. The lowest BCUT2D eigenvalue weighted by Gasteiger charge is -2.18. The monoisotopic (exact) mass is 428 g/mol. The number of hydrogen-bond donors (Lipinski definition) is 1. The summed E-state index contributed by atoms with van der Waals surface area (Å²) < 4.78 is 24.2. The average molecular weight is 429 g/mol. The quantitative estimate of drug-likeness (QED) is 0.611. The van der Waals surface area contributed by atoms with Crippen LogP contribution in [0, 0.1) is 0 Å². The van der Waals surface area contributed by atoms with E-state index in [-0.39, 0.29) is 11.7 Å². The molecule has 150 valence electrons. The summed E-state index contributed by atoms with van der Waals surface area (Å²) in [7, 11) is -3.52. The Balaban J connectivity index is 1.51. The van der Waals surface area contributed by atoms with Gasteiger partial charge in [0, 0.05) is 35.3 Å². The van der Waals surface area contributed by atoms with E-state index in [1.807, 2.05) is 30.3 Å². The summed E-state index contributed by atoms with van der Waals surface area (Å²) >= 11 is 1.76. The number of carbonyl (C=O) groups excluding carboxylic acids is 1. The Hall–Kier alpha value is -2.78. The van der Waals surface area contributed by atoms with Gasteiger partial charge in [0.25, 0.3) is 5.91 Å². The number of aromatic nitrogens is 2. The van der Waals surface area contributed by atoms with Crippen LogP contribution < -0.4 is 9.73 Å². The molecule has 0 saturated carbocycles. The van der Waals surface area contributed by atoms with E-state index in [1.54, 1.807) is 16.7 Å². The van der Waals surface area contributed by atoms with Gasteiger partial charge in [-0.2, -0.15) is 0 Å². The summed E-state index contributed by atoms with van der Waals surface area (Å²) in [5, 5.41) is 0. The molecule has 1 aliphatic rings. The SMILES string of the molecule is CS(=O)(=O)Nn1ccnc1C(=O)N1CCc2cc(SCc3ccccc3)ccc21. The molecule has 2 heterocycles. The van der Waals surface area contributed by atoms with Crippen LogP contribution in [-0.4, -0.2) is 36.8 Å². The van der Waals surface area contributed by atoms with Gasteiger partial charge < -0.3 is 4.90 Å². The Morgan fingerprint density at radius 3 is 2.76 bits per heavy atom. The number of fused-ring (bicyclic) bond motifs is 1. The van der Waals surface area contributed by atoms with Crippen molar-refractivity contribution in [1.29, 1.82) is 0 Å². The number of nitrogens with zero attached hydrogens (tertiary/aromatic N) is 3. The standard InChI is InChI=1S/C20H20N4O3S2/c1-29(26,27)22-24-12-10-21-19(24)20(25)23-11-9-16-13-17(7-8-18(16)23)28-14-15-5-3-2-4-6-15/h2-8,10,12-13,22H,9,11,14H2,1H3. The fraction of sp³-hybridized carbons (Fsp3) is 0.200. The van der Waals surface area contributed by atoms with E-state index in [4.69, 9.17) is 0 Å². The number of sulfonamides is 1. The topological polar surface area (TPSA) is 84.3 Å².